The van der Waals surface area contributed by atoms with Crippen LogP contribution in [0.25, 0.3) is 0 Å². The van der Waals surface area contributed by atoms with E-state index in [2.05, 4.69) is 16.0 Å². The van der Waals surface area contributed by atoms with Gasteiger partial charge in [0.15, 0.2) is 0 Å². The lowest BCUT2D eigenvalue weighted by molar-refractivity contribution is -0.123. The number of unbranched alkanes of at least 4 members (excludes halogenated alkanes) is 1. The van der Waals surface area contributed by atoms with Crippen LogP contribution in [0.1, 0.15) is 59.8 Å². The number of thioether (sulfide) groups is 1. The molecule has 2 heterocycles. The molecule has 2 saturated heterocycles. The predicted molar refractivity (Wildman–Crippen MR) is 119 cm³/mol. The van der Waals surface area contributed by atoms with Crippen LogP contribution in [0.2, 0.25) is 0 Å². The maximum absolute atomic E-state index is 12.2. The molecule has 0 aromatic heterocycles. The van der Waals surface area contributed by atoms with Crippen molar-refractivity contribution < 1.29 is 19.1 Å². The summed E-state index contributed by atoms with van der Waals surface area (Å²) in [4.78, 5) is 34.7. The molecule has 0 aromatic rings. The lowest BCUT2D eigenvalue weighted by atomic mass is 9.89. The fourth-order valence-electron chi connectivity index (χ4n) is 3.88. The zero-order valence-corrected chi connectivity index (χ0v) is 19.5. The fraction of sp³-hybridized carbons (Fsp3) is 0.857. The summed E-state index contributed by atoms with van der Waals surface area (Å²) in [5.41, 5.74) is 4.78. The molecule has 9 heteroatoms. The van der Waals surface area contributed by atoms with Crippen LogP contribution in [0.4, 0.5) is 4.79 Å². The minimum atomic E-state index is -0.328. The van der Waals surface area contributed by atoms with Gasteiger partial charge in [-0.2, -0.15) is 11.8 Å². The first kappa shape index (κ1) is 24.8. The number of ether oxygens (including phenoxy) is 1. The van der Waals surface area contributed by atoms with Crippen molar-refractivity contribution in [3.8, 4) is 0 Å². The second kappa shape index (κ2) is 10.7. The van der Waals surface area contributed by atoms with Crippen molar-refractivity contribution in [1.29, 1.82) is 0 Å². The molecule has 30 heavy (non-hydrogen) atoms. The SMILES string of the molecule is CC(C)(CNC(=O)CCCCC1SC[C@@H]2NC(=O)N[C@H]12)COCC(C)(C)CC(N)=O. The van der Waals surface area contributed by atoms with Gasteiger partial charge in [0.2, 0.25) is 11.8 Å². The molecule has 0 bridgehead atoms. The Bertz CT molecular complexity index is 626. The molecule has 2 fully saturated rings. The molecule has 3 atom stereocenters. The van der Waals surface area contributed by atoms with Crippen molar-refractivity contribution in [2.45, 2.75) is 77.1 Å². The Hall–Kier alpha value is -1.48. The quantitative estimate of drug-likeness (QED) is 0.256. The number of carbonyl (C=O) groups is 3. The molecule has 2 rings (SSSR count). The Morgan fingerprint density at radius 2 is 1.87 bits per heavy atom. The van der Waals surface area contributed by atoms with E-state index in [9.17, 15) is 14.4 Å². The zero-order chi connectivity index (χ0) is 22.4. The number of fused-ring (bicyclic) bond motifs is 1. The molecular formula is C21H38N4O4S. The first-order chi connectivity index (χ1) is 14.0. The van der Waals surface area contributed by atoms with E-state index in [4.69, 9.17) is 10.5 Å². The first-order valence-electron chi connectivity index (χ1n) is 10.8. The Balaban J connectivity index is 1.56. The second-order valence-electron chi connectivity index (χ2n) is 10.1. The number of hydrogen-bond donors (Lipinski definition) is 4. The van der Waals surface area contributed by atoms with Crippen molar-refractivity contribution in [3.05, 3.63) is 0 Å². The molecule has 0 aromatic carbocycles. The van der Waals surface area contributed by atoms with Gasteiger partial charge in [-0.25, -0.2) is 4.79 Å². The molecule has 2 aliphatic heterocycles. The van der Waals surface area contributed by atoms with Crippen LogP contribution in [-0.2, 0) is 14.3 Å². The summed E-state index contributed by atoms with van der Waals surface area (Å²) in [5.74, 6) is 0.696. The third kappa shape index (κ3) is 8.34. The number of rotatable bonds is 13. The predicted octanol–water partition coefficient (Wildman–Crippen LogP) is 1.77. The Morgan fingerprint density at radius 1 is 1.17 bits per heavy atom. The van der Waals surface area contributed by atoms with Gasteiger partial charge in [0.1, 0.15) is 0 Å². The molecular weight excluding hydrogens is 404 g/mol. The molecule has 0 spiro atoms. The highest BCUT2D eigenvalue weighted by Gasteiger charge is 2.42. The van der Waals surface area contributed by atoms with Gasteiger partial charge in [-0.1, -0.05) is 34.1 Å². The summed E-state index contributed by atoms with van der Waals surface area (Å²) in [6.45, 7) is 9.49. The van der Waals surface area contributed by atoms with E-state index in [1.54, 1.807) is 0 Å². The van der Waals surface area contributed by atoms with Crippen LogP contribution >= 0.6 is 11.8 Å². The van der Waals surface area contributed by atoms with E-state index >= 15 is 0 Å². The van der Waals surface area contributed by atoms with Crippen molar-refractivity contribution in [1.82, 2.24) is 16.0 Å². The number of urea groups is 1. The monoisotopic (exact) mass is 442 g/mol. The third-order valence-electron chi connectivity index (χ3n) is 5.48. The van der Waals surface area contributed by atoms with Crippen molar-refractivity contribution >= 4 is 29.6 Å². The lowest BCUT2D eigenvalue weighted by Gasteiger charge is -2.28. The van der Waals surface area contributed by atoms with E-state index in [0.29, 0.717) is 31.4 Å². The minimum absolute atomic E-state index is 0.0577. The number of primary amides is 1. The minimum Gasteiger partial charge on any atom is -0.380 e. The van der Waals surface area contributed by atoms with Crippen LogP contribution in [0, 0.1) is 10.8 Å². The van der Waals surface area contributed by atoms with Crippen LogP contribution in [0.3, 0.4) is 0 Å². The lowest BCUT2D eigenvalue weighted by Crippen LogP contribution is -2.38. The zero-order valence-electron chi connectivity index (χ0n) is 18.7. The normalized spacial score (nSPS) is 23.6. The maximum atomic E-state index is 12.2. The Labute approximate surface area is 184 Å². The topological polar surface area (TPSA) is 123 Å². The number of hydrogen-bond acceptors (Lipinski definition) is 5. The molecule has 4 amide bonds. The van der Waals surface area contributed by atoms with Crippen molar-refractivity contribution in [2.75, 3.05) is 25.5 Å². The smallest absolute Gasteiger partial charge is 0.315 e. The van der Waals surface area contributed by atoms with E-state index in [0.717, 1.165) is 25.0 Å². The summed E-state index contributed by atoms with van der Waals surface area (Å²) < 4.78 is 5.80. The first-order valence-corrected chi connectivity index (χ1v) is 11.8. The molecule has 172 valence electrons. The standard InChI is InChI=1S/C21H38N4O4S/c1-20(2,9-16(22)26)12-29-13-21(3,4)11-23-17(27)8-6-5-7-15-18-14(10-30-15)24-19(28)25-18/h14-15,18H,5-13H2,1-4H3,(H2,22,26)(H,23,27)(H2,24,25,28)/t14-,15?,18-/m0/s1. The molecule has 0 saturated carbocycles. The molecule has 8 nitrogen and oxygen atoms in total. The van der Waals surface area contributed by atoms with E-state index in [-0.39, 0.29) is 47.2 Å². The Morgan fingerprint density at radius 3 is 2.57 bits per heavy atom. The summed E-state index contributed by atoms with van der Waals surface area (Å²) in [5, 5.41) is 9.40. The van der Waals surface area contributed by atoms with Crippen LogP contribution in [-0.4, -0.2) is 60.7 Å². The average molecular weight is 443 g/mol. The van der Waals surface area contributed by atoms with Gasteiger partial charge in [0.25, 0.3) is 0 Å². The fourth-order valence-corrected chi connectivity index (χ4v) is 5.42. The van der Waals surface area contributed by atoms with E-state index < -0.39 is 0 Å². The van der Waals surface area contributed by atoms with Crippen LogP contribution in [0.15, 0.2) is 0 Å². The third-order valence-corrected chi connectivity index (χ3v) is 6.99. The van der Waals surface area contributed by atoms with Crippen LogP contribution in [0.5, 0.6) is 0 Å². The largest absolute Gasteiger partial charge is 0.380 e. The molecule has 1 unspecified atom stereocenters. The van der Waals surface area contributed by atoms with Gasteiger partial charge >= 0.3 is 6.03 Å². The number of carbonyl (C=O) groups excluding carboxylic acids is 3. The van der Waals surface area contributed by atoms with Gasteiger partial charge in [0.05, 0.1) is 25.3 Å². The second-order valence-corrected chi connectivity index (χ2v) is 11.4. The average Bonchev–Trinajstić information content (AvgIpc) is 3.15. The molecule has 0 aliphatic carbocycles. The Kier molecular flexibility index (Phi) is 8.85. The summed E-state index contributed by atoms with van der Waals surface area (Å²) in [6.07, 6.45) is 3.64. The molecule has 0 radical (unpaired) electrons. The van der Waals surface area contributed by atoms with Gasteiger partial charge in [0, 0.05) is 35.8 Å². The molecule has 5 N–H and O–H groups in total. The van der Waals surface area contributed by atoms with Gasteiger partial charge < -0.3 is 26.4 Å². The summed E-state index contributed by atoms with van der Waals surface area (Å²) in [7, 11) is 0. The summed E-state index contributed by atoms with van der Waals surface area (Å²) in [6, 6.07) is 0.421. The van der Waals surface area contributed by atoms with Gasteiger partial charge in [-0.3, -0.25) is 9.59 Å². The van der Waals surface area contributed by atoms with Crippen molar-refractivity contribution in [3.63, 3.8) is 0 Å². The highest BCUT2D eigenvalue weighted by Crippen LogP contribution is 2.33. The number of amides is 4. The number of nitrogens with two attached hydrogens (primary N) is 1. The van der Waals surface area contributed by atoms with Crippen LogP contribution < -0.4 is 21.7 Å². The van der Waals surface area contributed by atoms with Crippen molar-refractivity contribution in [2.24, 2.45) is 16.6 Å². The highest BCUT2D eigenvalue weighted by atomic mass is 32.2. The number of nitrogens with one attached hydrogen (secondary N) is 3. The van der Waals surface area contributed by atoms with E-state index in [1.807, 2.05) is 39.5 Å². The molecule has 2 aliphatic rings. The maximum Gasteiger partial charge on any atom is 0.315 e. The van der Waals surface area contributed by atoms with Gasteiger partial charge in [-0.15, -0.1) is 0 Å². The van der Waals surface area contributed by atoms with E-state index in [1.165, 1.54) is 0 Å². The summed E-state index contributed by atoms with van der Waals surface area (Å²) >= 11 is 1.90. The highest BCUT2D eigenvalue weighted by molar-refractivity contribution is 8.00. The van der Waals surface area contributed by atoms with Gasteiger partial charge in [-0.05, 0) is 18.3 Å².